The Balaban J connectivity index is 1.55. The van der Waals surface area contributed by atoms with Gasteiger partial charge in [-0.3, -0.25) is 14.5 Å². The van der Waals surface area contributed by atoms with Crippen LogP contribution in [0.3, 0.4) is 0 Å². The lowest BCUT2D eigenvalue weighted by Gasteiger charge is -2.17. The van der Waals surface area contributed by atoms with Crippen molar-refractivity contribution in [3.05, 3.63) is 35.6 Å². The van der Waals surface area contributed by atoms with Gasteiger partial charge in [-0.1, -0.05) is 42.2 Å². The zero-order chi connectivity index (χ0) is 19.4. The van der Waals surface area contributed by atoms with Crippen LogP contribution in [0.25, 0.3) is 0 Å². The molecule has 1 fully saturated rings. The number of anilines is 1. The fourth-order valence-corrected chi connectivity index (χ4v) is 4.56. The highest BCUT2D eigenvalue weighted by Crippen LogP contribution is 2.37. The predicted molar refractivity (Wildman–Crippen MR) is 104 cm³/mol. The summed E-state index contributed by atoms with van der Waals surface area (Å²) in [6.45, 7) is 3.97. The molecule has 6 nitrogen and oxygen atoms in total. The topological polar surface area (TPSA) is 75.2 Å². The van der Waals surface area contributed by atoms with E-state index in [1.807, 2.05) is 6.92 Å². The maximum atomic E-state index is 12.9. The molecule has 0 spiro atoms. The van der Waals surface area contributed by atoms with Gasteiger partial charge in [0.25, 0.3) is 0 Å². The summed E-state index contributed by atoms with van der Waals surface area (Å²) in [5, 5.41) is 11.4. The Bertz CT molecular complexity index is 808. The molecule has 1 aliphatic carbocycles. The van der Waals surface area contributed by atoms with Crippen molar-refractivity contribution in [2.45, 2.75) is 55.3 Å². The van der Waals surface area contributed by atoms with E-state index in [4.69, 9.17) is 0 Å². The Labute approximate surface area is 165 Å². The van der Waals surface area contributed by atoms with Crippen molar-refractivity contribution in [3.8, 4) is 0 Å². The van der Waals surface area contributed by atoms with Gasteiger partial charge >= 0.3 is 0 Å². The average molecular weight is 409 g/mol. The van der Waals surface area contributed by atoms with Crippen molar-refractivity contribution in [2.24, 2.45) is 0 Å². The molecule has 0 aliphatic heterocycles. The van der Waals surface area contributed by atoms with Crippen molar-refractivity contribution in [1.29, 1.82) is 0 Å². The zero-order valence-electron chi connectivity index (χ0n) is 15.1. The van der Waals surface area contributed by atoms with E-state index in [1.54, 1.807) is 24.0 Å². The van der Waals surface area contributed by atoms with Gasteiger partial charge in [-0.15, -0.1) is 10.2 Å². The van der Waals surface area contributed by atoms with Crippen LogP contribution in [0.5, 0.6) is 0 Å². The molecule has 9 heteroatoms. The number of nitrogens with one attached hydrogen (secondary N) is 1. The molecule has 1 aromatic heterocycles. The number of carbonyl (C=O) groups excluding carboxylic acids is 2. The highest BCUT2D eigenvalue weighted by atomic mass is 32.2. The molecule has 1 aromatic carbocycles. The summed E-state index contributed by atoms with van der Waals surface area (Å²) in [5.41, 5.74) is 0.832. The van der Waals surface area contributed by atoms with Crippen LogP contribution >= 0.6 is 23.1 Å². The van der Waals surface area contributed by atoms with Crippen LogP contribution in [0.15, 0.2) is 28.6 Å². The van der Waals surface area contributed by atoms with E-state index >= 15 is 0 Å². The van der Waals surface area contributed by atoms with Crippen LogP contribution in [0.2, 0.25) is 0 Å². The quantitative estimate of drug-likeness (QED) is 0.535. The minimum Gasteiger partial charge on any atom is -0.351 e. The first-order valence-electron chi connectivity index (χ1n) is 8.82. The van der Waals surface area contributed by atoms with Crippen LogP contribution in [-0.2, 0) is 16.1 Å². The van der Waals surface area contributed by atoms with Crippen LogP contribution in [0.1, 0.15) is 38.7 Å². The summed E-state index contributed by atoms with van der Waals surface area (Å²) < 4.78 is 13.6. The first kappa shape index (κ1) is 19.8. The lowest BCUT2D eigenvalue weighted by atomic mass is 10.2. The van der Waals surface area contributed by atoms with Gasteiger partial charge in [0.05, 0.1) is 5.25 Å². The fourth-order valence-electron chi connectivity index (χ4n) is 2.46. The lowest BCUT2D eigenvalue weighted by Crippen LogP contribution is -2.32. The van der Waals surface area contributed by atoms with E-state index in [0.29, 0.717) is 22.4 Å². The number of hydrogen-bond donors (Lipinski definition) is 1. The normalized spacial score (nSPS) is 14.6. The van der Waals surface area contributed by atoms with Gasteiger partial charge in [-0.05, 0) is 37.5 Å². The predicted octanol–water partition coefficient (Wildman–Crippen LogP) is 3.38. The first-order valence-corrected chi connectivity index (χ1v) is 10.5. The van der Waals surface area contributed by atoms with Crippen LogP contribution in [0.4, 0.5) is 9.52 Å². The maximum Gasteiger partial charge on any atom is 0.233 e. The molecule has 1 aliphatic rings. The minimum atomic E-state index is -0.359. The Hall–Kier alpha value is -2.00. The number of halogens is 1. The largest absolute Gasteiger partial charge is 0.351 e. The Kier molecular flexibility index (Phi) is 6.43. The fraction of sp³-hybridized carbons (Fsp3) is 0.444. The second kappa shape index (κ2) is 8.79. The summed E-state index contributed by atoms with van der Waals surface area (Å²) in [6, 6.07) is 6.25. The molecule has 0 radical (unpaired) electrons. The van der Waals surface area contributed by atoms with E-state index in [-0.39, 0.29) is 28.9 Å². The van der Waals surface area contributed by atoms with E-state index in [9.17, 15) is 14.0 Å². The molecule has 0 unspecified atom stereocenters. The number of carbonyl (C=O) groups is 2. The zero-order valence-corrected chi connectivity index (χ0v) is 16.8. The average Bonchev–Trinajstić information content (AvgIpc) is 3.39. The lowest BCUT2D eigenvalue weighted by molar-refractivity contribution is -0.120. The highest BCUT2D eigenvalue weighted by Gasteiger charge is 2.35. The van der Waals surface area contributed by atoms with Gasteiger partial charge in [0.1, 0.15) is 5.82 Å². The third-order valence-electron chi connectivity index (χ3n) is 4.11. The Morgan fingerprint density at radius 2 is 2.04 bits per heavy atom. The van der Waals surface area contributed by atoms with Gasteiger partial charge in [-0.25, -0.2) is 4.39 Å². The van der Waals surface area contributed by atoms with E-state index < -0.39 is 0 Å². The molecule has 144 valence electrons. The van der Waals surface area contributed by atoms with Gasteiger partial charge in [-0.2, -0.15) is 0 Å². The number of rotatable bonds is 8. The van der Waals surface area contributed by atoms with Crippen LogP contribution in [0, 0.1) is 5.82 Å². The molecule has 1 saturated carbocycles. The monoisotopic (exact) mass is 408 g/mol. The Morgan fingerprint density at radius 1 is 1.33 bits per heavy atom. The van der Waals surface area contributed by atoms with Crippen molar-refractivity contribution >= 4 is 40.0 Å². The molecule has 0 saturated heterocycles. The van der Waals surface area contributed by atoms with E-state index in [2.05, 4.69) is 15.5 Å². The number of nitrogens with zero attached hydrogens (tertiary/aromatic N) is 3. The number of hydrogen-bond acceptors (Lipinski definition) is 6. The minimum absolute atomic E-state index is 0.0512. The summed E-state index contributed by atoms with van der Waals surface area (Å²) in [6.07, 6.45) is 2.42. The molecule has 2 amide bonds. The molecule has 2 aromatic rings. The van der Waals surface area contributed by atoms with Crippen LogP contribution in [-0.4, -0.2) is 33.3 Å². The van der Waals surface area contributed by atoms with Gasteiger partial charge in [0, 0.05) is 19.0 Å². The second-order valence-electron chi connectivity index (χ2n) is 6.30. The van der Waals surface area contributed by atoms with Crippen molar-refractivity contribution in [2.75, 3.05) is 4.90 Å². The summed E-state index contributed by atoms with van der Waals surface area (Å²) in [4.78, 5) is 26.2. The molecule has 3 rings (SSSR count). The molecule has 0 bridgehead atoms. The van der Waals surface area contributed by atoms with Gasteiger partial charge in [0.2, 0.25) is 16.9 Å². The summed E-state index contributed by atoms with van der Waals surface area (Å²) in [5.74, 6) is -0.386. The highest BCUT2D eigenvalue weighted by molar-refractivity contribution is 8.02. The third kappa shape index (κ3) is 5.26. The third-order valence-corrected chi connectivity index (χ3v) is 6.22. The maximum absolute atomic E-state index is 12.9. The molecule has 1 heterocycles. The van der Waals surface area contributed by atoms with Gasteiger partial charge < -0.3 is 5.32 Å². The smallest absolute Gasteiger partial charge is 0.233 e. The first-order chi connectivity index (χ1) is 13.0. The van der Waals surface area contributed by atoms with Gasteiger partial charge in [0.15, 0.2) is 4.34 Å². The van der Waals surface area contributed by atoms with Crippen molar-refractivity contribution in [1.82, 2.24) is 15.5 Å². The second-order valence-corrected chi connectivity index (χ2v) is 8.85. The number of amides is 2. The summed E-state index contributed by atoms with van der Waals surface area (Å²) in [7, 11) is 0. The SMILES string of the molecule is CCC(=O)N(c1nnc(S[C@@H](C)C(=O)NCc2ccc(F)cc2)s1)C1CC1. The molecule has 1 atom stereocenters. The van der Waals surface area contributed by atoms with Crippen molar-refractivity contribution < 1.29 is 14.0 Å². The molecular formula is C18H21FN4O2S2. The number of thioether (sulfide) groups is 1. The molecule has 27 heavy (non-hydrogen) atoms. The number of benzene rings is 1. The van der Waals surface area contributed by atoms with E-state index in [0.717, 1.165) is 18.4 Å². The standard InChI is InChI=1S/C18H21FN4O2S2/c1-3-15(24)23(14-8-9-14)17-21-22-18(27-17)26-11(2)16(25)20-10-12-4-6-13(19)7-5-12/h4-7,11,14H,3,8-10H2,1-2H3,(H,20,25)/t11-/m0/s1. The molecular weight excluding hydrogens is 387 g/mol. The molecule has 1 N–H and O–H groups in total. The van der Waals surface area contributed by atoms with E-state index in [1.165, 1.54) is 35.2 Å². The summed E-state index contributed by atoms with van der Waals surface area (Å²) >= 11 is 2.65. The number of aromatic nitrogens is 2. The Morgan fingerprint density at radius 3 is 2.67 bits per heavy atom. The van der Waals surface area contributed by atoms with Crippen LogP contribution < -0.4 is 10.2 Å². The van der Waals surface area contributed by atoms with Crippen molar-refractivity contribution in [3.63, 3.8) is 0 Å².